The zero-order chi connectivity index (χ0) is 20.6. The summed E-state index contributed by atoms with van der Waals surface area (Å²) < 4.78 is 4.47. The molecule has 0 bridgehead atoms. The topological polar surface area (TPSA) is 97.4 Å². The minimum absolute atomic E-state index is 0.157. The van der Waals surface area contributed by atoms with Crippen LogP contribution in [0.1, 0.15) is 16.1 Å². The maximum absolute atomic E-state index is 12.3. The first-order chi connectivity index (χ1) is 14.0. The third kappa shape index (κ3) is 5.73. The second kappa shape index (κ2) is 9.61. The fourth-order valence-corrected chi connectivity index (χ4v) is 3.33. The average Bonchev–Trinajstić information content (AvgIpc) is 3.21. The molecule has 3 aromatic rings. The fourth-order valence-electron chi connectivity index (χ4n) is 2.50. The highest BCUT2D eigenvalue weighted by Crippen LogP contribution is 2.23. The number of amides is 2. The van der Waals surface area contributed by atoms with Crippen molar-refractivity contribution < 1.29 is 19.1 Å². The summed E-state index contributed by atoms with van der Waals surface area (Å²) in [5.74, 6) is -1.12. The second-order valence-corrected chi connectivity index (χ2v) is 6.93. The van der Waals surface area contributed by atoms with Crippen LogP contribution in [0.25, 0.3) is 10.6 Å². The average molecular weight is 409 g/mol. The fraction of sp³-hybridized carbons (Fsp3) is 0.143. The molecule has 0 aliphatic heterocycles. The van der Waals surface area contributed by atoms with Crippen molar-refractivity contribution in [2.75, 3.05) is 19.0 Å². The first-order valence-corrected chi connectivity index (χ1v) is 9.68. The van der Waals surface area contributed by atoms with Crippen molar-refractivity contribution in [1.29, 1.82) is 0 Å². The smallest absolute Gasteiger partial charge is 0.325 e. The van der Waals surface area contributed by atoms with Gasteiger partial charge in [0.2, 0.25) is 5.91 Å². The Morgan fingerprint density at radius 2 is 1.76 bits per heavy atom. The number of benzene rings is 2. The summed E-state index contributed by atoms with van der Waals surface area (Å²) in [5.41, 5.74) is 2.66. The predicted molar refractivity (Wildman–Crippen MR) is 111 cm³/mol. The standard InChI is InChI=1S/C21H19N3O4S/c1-28-19(26)12-22-20(27)14-7-9-16(10-8-14)23-18(25)11-17-13-29-21(24-17)15-5-3-2-4-6-15/h2-10,13H,11-12H2,1H3,(H,22,27)(H,23,25). The Morgan fingerprint density at radius 1 is 1.03 bits per heavy atom. The first kappa shape index (κ1) is 20.2. The number of hydrogen-bond acceptors (Lipinski definition) is 6. The Hall–Kier alpha value is -3.52. The van der Waals surface area contributed by atoms with Crippen molar-refractivity contribution in [3.8, 4) is 10.6 Å². The van der Waals surface area contributed by atoms with Crippen molar-refractivity contribution in [2.45, 2.75) is 6.42 Å². The van der Waals surface area contributed by atoms with E-state index in [1.807, 2.05) is 35.7 Å². The largest absolute Gasteiger partial charge is 0.468 e. The molecule has 0 saturated heterocycles. The summed E-state index contributed by atoms with van der Waals surface area (Å²) in [6, 6.07) is 16.2. The van der Waals surface area contributed by atoms with E-state index < -0.39 is 11.9 Å². The minimum Gasteiger partial charge on any atom is -0.468 e. The van der Waals surface area contributed by atoms with Gasteiger partial charge in [-0.1, -0.05) is 30.3 Å². The first-order valence-electron chi connectivity index (χ1n) is 8.80. The molecule has 0 atom stereocenters. The Kier molecular flexibility index (Phi) is 6.70. The Balaban J connectivity index is 1.54. The molecule has 0 spiro atoms. The monoisotopic (exact) mass is 409 g/mol. The molecule has 2 N–H and O–H groups in total. The van der Waals surface area contributed by atoms with E-state index in [2.05, 4.69) is 20.4 Å². The normalized spacial score (nSPS) is 10.2. The molecule has 8 heteroatoms. The molecule has 0 fully saturated rings. The summed E-state index contributed by atoms with van der Waals surface area (Å²) in [6.07, 6.45) is 0.157. The van der Waals surface area contributed by atoms with Gasteiger partial charge in [-0.15, -0.1) is 11.3 Å². The van der Waals surface area contributed by atoms with Gasteiger partial charge in [0.1, 0.15) is 11.6 Å². The third-order valence-corrected chi connectivity index (χ3v) is 4.91. The number of hydrogen-bond donors (Lipinski definition) is 2. The van der Waals surface area contributed by atoms with E-state index in [1.165, 1.54) is 18.4 Å². The number of aromatic nitrogens is 1. The molecular formula is C21H19N3O4S. The molecular weight excluding hydrogens is 390 g/mol. The van der Waals surface area contributed by atoms with Crippen LogP contribution in [-0.4, -0.2) is 36.4 Å². The number of nitrogens with zero attached hydrogens (tertiary/aromatic N) is 1. The van der Waals surface area contributed by atoms with Crippen molar-refractivity contribution in [3.05, 3.63) is 71.2 Å². The molecule has 0 unspecified atom stereocenters. The van der Waals surface area contributed by atoms with E-state index in [0.29, 0.717) is 16.9 Å². The highest BCUT2D eigenvalue weighted by molar-refractivity contribution is 7.13. The summed E-state index contributed by atoms with van der Waals surface area (Å²) >= 11 is 1.50. The van der Waals surface area contributed by atoms with Crippen molar-refractivity contribution in [2.24, 2.45) is 0 Å². The number of carbonyl (C=O) groups excluding carboxylic acids is 3. The quantitative estimate of drug-likeness (QED) is 0.585. The van der Waals surface area contributed by atoms with E-state index in [0.717, 1.165) is 10.6 Å². The summed E-state index contributed by atoms with van der Waals surface area (Å²) in [4.78, 5) is 39.8. The van der Waals surface area contributed by atoms with Gasteiger partial charge in [0, 0.05) is 22.2 Å². The maximum atomic E-state index is 12.3. The molecule has 0 saturated carbocycles. The third-order valence-electron chi connectivity index (χ3n) is 3.97. The highest BCUT2D eigenvalue weighted by atomic mass is 32.1. The van der Waals surface area contributed by atoms with Crippen LogP contribution >= 0.6 is 11.3 Å². The number of esters is 1. The number of ether oxygens (including phenoxy) is 1. The predicted octanol–water partition coefficient (Wildman–Crippen LogP) is 2.89. The molecule has 0 radical (unpaired) electrons. The molecule has 7 nitrogen and oxygen atoms in total. The molecule has 0 aliphatic rings. The van der Waals surface area contributed by atoms with E-state index in [-0.39, 0.29) is 18.9 Å². The Labute approximate surface area is 171 Å². The van der Waals surface area contributed by atoms with Crippen molar-refractivity contribution >= 4 is 34.8 Å². The van der Waals surface area contributed by atoms with Gasteiger partial charge in [-0.05, 0) is 24.3 Å². The lowest BCUT2D eigenvalue weighted by Gasteiger charge is -2.07. The maximum Gasteiger partial charge on any atom is 0.325 e. The number of nitrogens with one attached hydrogen (secondary N) is 2. The zero-order valence-corrected chi connectivity index (χ0v) is 16.5. The number of thiazole rings is 1. The molecule has 2 aromatic carbocycles. The molecule has 3 rings (SSSR count). The van der Waals surface area contributed by atoms with E-state index in [1.54, 1.807) is 24.3 Å². The van der Waals surface area contributed by atoms with Crippen LogP contribution in [0.2, 0.25) is 0 Å². The van der Waals surface area contributed by atoms with Gasteiger partial charge in [-0.3, -0.25) is 14.4 Å². The lowest BCUT2D eigenvalue weighted by Crippen LogP contribution is -2.30. The van der Waals surface area contributed by atoms with Crippen LogP contribution < -0.4 is 10.6 Å². The molecule has 29 heavy (non-hydrogen) atoms. The lowest BCUT2D eigenvalue weighted by molar-refractivity contribution is -0.139. The number of anilines is 1. The molecule has 1 heterocycles. The van der Waals surface area contributed by atoms with Crippen LogP contribution in [0.5, 0.6) is 0 Å². The van der Waals surface area contributed by atoms with Gasteiger partial charge in [0.15, 0.2) is 0 Å². The van der Waals surface area contributed by atoms with Crippen LogP contribution in [0.15, 0.2) is 60.0 Å². The van der Waals surface area contributed by atoms with Crippen LogP contribution in [0.4, 0.5) is 5.69 Å². The van der Waals surface area contributed by atoms with Crippen LogP contribution in [0.3, 0.4) is 0 Å². The molecule has 2 amide bonds. The molecule has 148 valence electrons. The van der Waals surface area contributed by atoms with Gasteiger partial charge in [0.05, 0.1) is 19.2 Å². The van der Waals surface area contributed by atoms with Crippen molar-refractivity contribution in [3.63, 3.8) is 0 Å². The van der Waals surface area contributed by atoms with Gasteiger partial charge < -0.3 is 15.4 Å². The lowest BCUT2D eigenvalue weighted by atomic mass is 10.2. The Bertz CT molecular complexity index is 1000. The summed E-state index contributed by atoms with van der Waals surface area (Å²) in [6.45, 7) is -0.202. The number of carbonyl (C=O) groups is 3. The second-order valence-electron chi connectivity index (χ2n) is 6.07. The number of rotatable bonds is 7. The van der Waals surface area contributed by atoms with E-state index in [4.69, 9.17) is 0 Å². The van der Waals surface area contributed by atoms with Gasteiger partial charge in [-0.2, -0.15) is 0 Å². The van der Waals surface area contributed by atoms with Gasteiger partial charge >= 0.3 is 5.97 Å². The Morgan fingerprint density at radius 3 is 2.45 bits per heavy atom. The summed E-state index contributed by atoms with van der Waals surface area (Å²) in [7, 11) is 1.25. The SMILES string of the molecule is COC(=O)CNC(=O)c1ccc(NC(=O)Cc2csc(-c3ccccc3)n2)cc1. The van der Waals surface area contributed by atoms with Gasteiger partial charge in [0.25, 0.3) is 5.91 Å². The van der Waals surface area contributed by atoms with E-state index in [9.17, 15) is 14.4 Å². The molecule has 0 aliphatic carbocycles. The van der Waals surface area contributed by atoms with E-state index >= 15 is 0 Å². The number of methoxy groups -OCH3 is 1. The zero-order valence-electron chi connectivity index (χ0n) is 15.7. The highest BCUT2D eigenvalue weighted by Gasteiger charge is 2.11. The van der Waals surface area contributed by atoms with Crippen LogP contribution in [0, 0.1) is 0 Å². The van der Waals surface area contributed by atoms with Crippen LogP contribution in [-0.2, 0) is 20.7 Å². The summed E-state index contributed by atoms with van der Waals surface area (Å²) in [5, 5.41) is 7.98. The minimum atomic E-state index is -0.528. The molecule has 1 aromatic heterocycles. The van der Waals surface area contributed by atoms with Crippen molar-refractivity contribution in [1.82, 2.24) is 10.3 Å². The van der Waals surface area contributed by atoms with Gasteiger partial charge in [-0.25, -0.2) is 4.98 Å².